The Bertz CT molecular complexity index is 293. The van der Waals surface area contributed by atoms with Crippen LogP contribution in [0.1, 0.15) is 16.7 Å². The number of halogens is 1. The lowest BCUT2D eigenvalue weighted by atomic mass is 10.1. The molecule has 0 N–H and O–H groups in total. The molecule has 1 aliphatic rings. The van der Waals surface area contributed by atoms with Gasteiger partial charge in [-0.05, 0) is 11.1 Å². The first-order valence-corrected chi connectivity index (χ1v) is 5.64. The van der Waals surface area contributed by atoms with Crippen molar-refractivity contribution in [3.8, 4) is 0 Å². The minimum Gasteiger partial charge on any atom is -0.170 e. The molecule has 0 aromatic heterocycles. The maximum atomic E-state index is 5.81. The summed E-state index contributed by atoms with van der Waals surface area (Å²) in [6.07, 6.45) is 4.32. The van der Waals surface area contributed by atoms with Crippen LogP contribution in [0.2, 0.25) is 0 Å². The van der Waals surface area contributed by atoms with E-state index >= 15 is 0 Å². The molecule has 1 aromatic rings. The van der Waals surface area contributed by atoms with Crippen LogP contribution in [0.3, 0.4) is 0 Å². The number of allylic oxidation sites excluding steroid dienone is 1. The number of fused-ring (bicyclic) bond motifs is 1. The predicted octanol–water partition coefficient (Wildman–Crippen LogP) is 2.61. The molecule has 1 unspecified atom stereocenters. The van der Waals surface area contributed by atoms with E-state index in [-0.39, 0.29) is 0 Å². The Labute approximate surface area is 73.4 Å². The van der Waals surface area contributed by atoms with Crippen LogP contribution in [-0.2, 0) is 0 Å². The molecular weight excluding hydrogens is 172 g/mol. The van der Waals surface area contributed by atoms with Gasteiger partial charge in [-0.25, -0.2) is 0 Å². The molecule has 0 saturated heterocycles. The summed E-state index contributed by atoms with van der Waals surface area (Å²) in [5.41, 5.74) is 3.17. The summed E-state index contributed by atoms with van der Waals surface area (Å²) in [7, 11) is 0.464. The van der Waals surface area contributed by atoms with E-state index in [4.69, 9.17) is 11.1 Å². The van der Waals surface area contributed by atoms with E-state index in [0.29, 0.717) is 14.4 Å². The first-order valence-electron chi connectivity index (χ1n) is 3.55. The number of hydrogen-bond acceptors (Lipinski definition) is 0. The molecule has 0 spiro atoms. The third-order valence-electron chi connectivity index (χ3n) is 1.92. The Hall–Kier alpha value is -0.533. The lowest BCUT2D eigenvalue weighted by Crippen LogP contribution is -1.96. The summed E-state index contributed by atoms with van der Waals surface area (Å²) in [4.78, 5) is 0. The van der Waals surface area contributed by atoms with Gasteiger partial charge < -0.3 is 0 Å². The lowest BCUT2D eigenvalue weighted by molar-refractivity contribution is 1.24. The van der Waals surface area contributed by atoms with Crippen LogP contribution < -0.4 is 0 Å². The molecule has 0 nitrogen and oxygen atoms in total. The highest BCUT2D eigenvalue weighted by molar-refractivity contribution is 6.94. The Morgan fingerprint density at radius 3 is 2.91 bits per heavy atom. The minimum atomic E-state index is 0.464. The van der Waals surface area contributed by atoms with E-state index in [9.17, 15) is 0 Å². The van der Waals surface area contributed by atoms with Crippen LogP contribution in [0.4, 0.5) is 0 Å². The molecule has 0 heterocycles. The fraction of sp³-hybridized carbons (Fsp3) is 0.111. The molecule has 54 valence electrons. The number of hydrogen-bond donors (Lipinski definition) is 0. The van der Waals surface area contributed by atoms with Crippen molar-refractivity contribution in [2.75, 3.05) is 0 Å². The van der Waals surface area contributed by atoms with E-state index in [1.807, 2.05) is 0 Å². The maximum Gasteiger partial charge on any atom is 0.184 e. The molecule has 0 amide bonds. The highest BCUT2D eigenvalue weighted by Gasteiger charge is 2.15. The third kappa shape index (κ3) is 1.15. The summed E-state index contributed by atoms with van der Waals surface area (Å²) in [6, 6.07) is 8.40. The van der Waals surface area contributed by atoms with Gasteiger partial charge in [0, 0.05) is 5.54 Å². The molecule has 11 heavy (non-hydrogen) atoms. The van der Waals surface area contributed by atoms with Gasteiger partial charge in [-0.3, -0.25) is 0 Å². The summed E-state index contributed by atoms with van der Waals surface area (Å²) >= 11 is 5.81. The summed E-state index contributed by atoms with van der Waals surface area (Å²) in [5, 5.41) is 0. The monoisotopic (exact) mass is 178 g/mol. The average Bonchev–Trinajstić information content (AvgIpc) is 2.47. The summed E-state index contributed by atoms with van der Waals surface area (Å²) in [6.45, 7) is 0. The molecule has 1 atom stereocenters. The zero-order valence-electron chi connectivity index (χ0n) is 5.92. The van der Waals surface area contributed by atoms with Crippen molar-refractivity contribution in [2.45, 2.75) is 5.54 Å². The second kappa shape index (κ2) is 2.84. The van der Waals surface area contributed by atoms with Crippen molar-refractivity contribution in [3.05, 3.63) is 41.5 Å². The van der Waals surface area contributed by atoms with Crippen LogP contribution in [-0.4, -0.2) is 8.83 Å². The molecule has 2 radical (unpaired) electrons. The van der Waals surface area contributed by atoms with Gasteiger partial charge in [-0.15, -0.1) is 0 Å². The fourth-order valence-corrected chi connectivity index (χ4v) is 2.46. The molecule has 0 saturated carbocycles. The van der Waals surface area contributed by atoms with Gasteiger partial charge in [0.25, 0.3) is 0 Å². The largest absolute Gasteiger partial charge is 0.184 e. The van der Waals surface area contributed by atoms with Crippen molar-refractivity contribution >= 4 is 26.0 Å². The van der Waals surface area contributed by atoms with Crippen LogP contribution in [0.15, 0.2) is 30.3 Å². The van der Waals surface area contributed by atoms with Crippen molar-refractivity contribution in [1.29, 1.82) is 0 Å². The third-order valence-corrected chi connectivity index (χ3v) is 3.36. The number of rotatable bonds is 1. The molecule has 2 rings (SSSR count). The molecular formula is C9H7ClSi. The van der Waals surface area contributed by atoms with E-state index in [2.05, 4.69) is 36.4 Å². The quantitative estimate of drug-likeness (QED) is 0.458. The molecule has 2 heteroatoms. The van der Waals surface area contributed by atoms with Crippen molar-refractivity contribution in [2.24, 2.45) is 0 Å². The van der Waals surface area contributed by atoms with Crippen molar-refractivity contribution < 1.29 is 0 Å². The van der Waals surface area contributed by atoms with E-state index < -0.39 is 0 Å². The molecule has 1 aliphatic carbocycles. The highest BCUT2D eigenvalue weighted by Crippen LogP contribution is 2.28. The Morgan fingerprint density at radius 1 is 1.27 bits per heavy atom. The van der Waals surface area contributed by atoms with Gasteiger partial charge in [0.1, 0.15) is 0 Å². The summed E-state index contributed by atoms with van der Waals surface area (Å²) in [5.74, 6) is 0. The maximum absolute atomic E-state index is 5.81. The minimum absolute atomic E-state index is 0.464. The second-order valence-corrected chi connectivity index (χ2v) is 4.07. The predicted molar refractivity (Wildman–Crippen MR) is 49.8 cm³/mol. The number of benzene rings is 1. The van der Waals surface area contributed by atoms with Crippen LogP contribution >= 0.6 is 11.1 Å². The Kier molecular flexibility index (Phi) is 1.84. The first-order chi connectivity index (χ1) is 5.42. The zero-order valence-corrected chi connectivity index (χ0v) is 7.68. The van der Waals surface area contributed by atoms with E-state index in [1.165, 1.54) is 11.1 Å². The Balaban J connectivity index is 2.46. The van der Waals surface area contributed by atoms with Gasteiger partial charge in [-0.1, -0.05) is 36.4 Å². The smallest absolute Gasteiger partial charge is 0.170 e. The van der Waals surface area contributed by atoms with Gasteiger partial charge in [-0.2, -0.15) is 11.1 Å². The molecule has 1 aromatic carbocycles. The average molecular weight is 179 g/mol. The first kappa shape index (κ1) is 7.13. The van der Waals surface area contributed by atoms with Crippen LogP contribution in [0, 0.1) is 0 Å². The molecule has 0 aliphatic heterocycles. The fourth-order valence-electron chi connectivity index (χ4n) is 1.34. The lowest BCUT2D eigenvalue weighted by Gasteiger charge is -2.03. The zero-order chi connectivity index (χ0) is 7.68. The summed E-state index contributed by atoms with van der Waals surface area (Å²) < 4.78 is 0. The van der Waals surface area contributed by atoms with Gasteiger partial charge in [0.05, 0.1) is 0 Å². The second-order valence-electron chi connectivity index (χ2n) is 2.57. The topological polar surface area (TPSA) is 0 Å². The standard InChI is InChI=1S/C9H7ClSi/c10-11-9-6-5-7-3-1-2-4-8(7)9/h1-6,9H. The van der Waals surface area contributed by atoms with Crippen LogP contribution in [0.25, 0.3) is 6.08 Å². The van der Waals surface area contributed by atoms with Gasteiger partial charge in [0.15, 0.2) is 8.83 Å². The van der Waals surface area contributed by atoms with E-state index in [1.54, 1.807) is 0 Å². The van der Waals surface area contributed by atoms with Gasteiger partial charge >= 0.3 is 0 Å². The SMILES string of the molecule is Cl[Si]C1C=Cc2ccccc21. The van der Waals surface area contributed by atoms with Crippen molar-refractivity contribution in [1.82, 2.24) is 0 Å². The normalized spacial score (nSPS) is 20.3. The molecule has 0 fully saturated rings. The van der Waals surface area contributed by atoms with Crippen LogP contribution in [0.5, 0.6) is 0 Å². The van der Waals surface area contributed by atoms with E-state index in [0.717, 1.165) is 0 Å². The molecule has 0 bridgehead atoms. The van der Waals surface area contributed by atoms with Gasteiger partial charge in [0.2, 0.25) is 0 Å². The highest BCUT2D eigenvalue weighted by atomic mass is 35.6. The Morgan fingerprint density at radius 2 is 2.09 bits per heavy atom. The van der Waals surface area contributed by atoms with Crippen molar-refractivity contribution in [3.63, 3.8) is 0 Å².